The van der Waals surface area contributed by atoms with E-state index in [9.17, 15) is 4.79 Å². The van der Waals surface area contributed by atoms with Crippen molar-refractivity contribution in [3.05, 3.63) is 54.1 Å². The minimum Gasteiger partial charge on any atom is -0.298 e. The van der Waals surface area contributed by atoms with Crippen LogP contribution in [0.25, 0.3) is 16.8 Å². The van der Waals surface area contributed by atoms with Crippen LogP contribution in [0.15, 0.2) is 43.0 Å². The molecule has 14 heavy (non-hydrogen) atoms. The van der Waals surface area contributed by atoms with E-state index in [-0.39, 0.29) is 0 Å². The van der Waals surface area contributed by atoms with E-state index in [0.29, 0.717) is 5.56 Å². The van der Waals surface area contributed by atoms with Crippen LogP contribution >= 0.6 is 0 Å². The monoisotopic (exact) mass is 182 g/mol. The summed E-state index contributed by atoms with van der Waals surface area (Å²) < 4.78 is 0. The summed E-state index contributed by atoms with van der Waals surface area (Å²) in [7, 11) is 0. The van der Waals surface area contributed by atoms with E-state index in [2.05, 4.69) is 6.58 Å². The van der Waals surface area contributed by atoms with E-state index >= 15 is 0 Å². The number of rotatable bonds is 2. The minimum absolute atomic E-state index is 0.693. The molecule has 0 aromatic heterocycles. The van der Waals surface area contributed by atoms with Crippen molar-refractivity contribution in [3.63, 3.8) is 0 Å². The van der Waals surface area contributed by atoms with Gasteiger partial charge in [-0.1, -0.05) is 49.1 Å². The maximum absolute atomic E-state index is 10.8. The molecule has 1 nitrogen and oxygen atoms in total. The Morgan fingerprint density at radius 1 is 1.07 bits per heavy atom. The first-order chi connectivity index (χ1) is 6.86. The Labute approximate surface area is 82.7 Å². The molecule has 0 aliphatic carbocycles. The number of hydrogen-bond acceptors (Lipinski definition) is 1. The Morgan fingerprint density at radius 2 is 1.86 bits per heavy atom. The van der Waals surface area contributed by atoms with E-state index in [1.54, 1.807) is 6.08 Å². The van der Waals surface area contributed by atoms with E-state index in [4.69, 9.17) is 0 Å². The highest BCUT2D eigenvalue weighted by Gasteiger charge is 2.02. The molecule has 0 spiro atoms. The predicted molar refractivity (Wildman–Crippen MR) is 59.4 cm³/mol. The van der Waals surface area contributed by atoms with E-state index in [1.807, 2.05) is 36.4 Å². The number of fused-ring (bicyclic) bond motifs is 1. The quantitative estimate of drug-likeness (QED) is 0.651. The lowest BCUT2D eigenvalue weighted by Crippen LogP contribution is -1.87. The van der Waals surface area contributed by atoms with E-state index < -0.39 is 0 Å². The van der Waals surface area contributed by atoms with Crippen molar-refractivity contribution in [2.75, 3.05) is 0 Å². The summed E-state index contributed by atoms with van der Waals surface area (Å²) in [5, 5.41) is 2.21. The van der Waals surface area contributed by atoms with Crippen molar-refractivity contribution < 1.29 is 4.79 Å². The molecular formula is C13H10O. The molecule has 68 valence electrons. The third-order valence-corrected chi connectivity index (χ3v) is 2.34. The van der Waals surface area contributed by atoms with Crippen LogP contribution < -0.4 is 0 Å². The fraction of sp³-hybridized carbons (Fsp3) is 0. The van der Waals surface area contributed by atoms with Gasteiger partial charge in [-0.3, -0.25) is 4.79 Å². The Hall–Kier alpha value is -1.89. The molecule has 2 aromatic carbocycles. The van der Waals surface area contributed by atoms with Crippen LogP contribution in [0.4, 0.5) is 0 Å². The number of carbonyl (C=O) groups is 1. The summed E-state index contributed by atoms with van der Waals surface area (Å²) in [6.45, 7) is 3.73. The molecule has 0 fully saturated rings. The van der Waals surface area contributed by atoms with Crippen molar-refractivity contribution in [1.29, 1.82) is 0 Å². The van der Waals surface area contributed by atoms with Gasteiger partial charge in [-0.2, -0.15) is 0 Å². The van der Waals surface area contributed by atoms with Crippen molar-refractivity contribution in [1.82, 2.24) is 0 Å². The van der Waals surface area contributed by atoms with Gasteiger partial charge in [0.15, 0.2) is 6.29 Å². The standard InChI is InChI=1S/C13H10O/c1-2-12-11(9-14)8-7-10-5-3-4-6-13(10)12/h2-9H,1H2. The molecule has 0 aliphatic rings. The summed E-state index contributed by atoms with van der Waals surface area (Å²) in [6, 6.07) is 11.7. The smallest absolute Gasteiger partial charge is 0.150 e. The van der Waals surface area contributed by atoms with Gasteiger partial charge in [0.2, 0.25) is 0 Å². The van der Waals surface area contributed by atoms with Crippen molar-refractivity contribution in [2.45, 2.75) is 0 Å². The van der Waals surface area contributed by atoms with Crippen LogP contribution in [0, 0.1) is 0 Å². The molecule has 0 bridgehead atoms. The highest BCUT2D eigenvalue weighted by Crippen LogP contribution is 2.22. The average molecular weight is 182 g/mol. The molecular weight excluding hydrogens is 172 g/mol. The van der Waals surface area contributed by atoms with Gasteiger partial charge < -0.3 is 0 Å². The lowest BCUT2D eigenvalue weighted by Gasteiger charge is -2.04. The SMILES string of the molecule is C=Cc1c(C=O)ccc2ccccc12. The second-order valence-electron chi connectivity index (χ2n) is 3.11. The number of hydrogen-bond donors (Lipinski definition) is 0. The topological polar surface area (TPSA) is 17.1 Å². The third kappa shape index (κ3) is 1.23. The summed E-state index contributed by atoms with van der Waals surface area (Å²) in [5.74, 6) is 0. The van der Waals surface area contributed by atoms with E-state index in [1.165, 1.54) is 0 Å². The number of aldehydes is 1. The molecule has 0 amide bonds. The lowest BCUT2D eigenvalue weighted by atomic mass is 10.00. The molecule has 0 aliphatic heterocycles. The van der Waals surface area contributed by atoms with Gasteiger partial charge in [0, 0.05) is 5.56 Å². The van der Waals surface area contributed by atoms with Gasteiger partial charge in [-0.05, 0) is 16.3 Å². The van der Waals surface area contributed by atoms with Crippen LogP contribution in [0.1, 0.15) is 15.9 Å². The first-order valence-electron chi connectivity index (χ1n) is 4.46. The molecule has 0 saturated heterocycles. The zero-order chi connectivity index (χ0) is 9.97. The molecule has 0 saturated carbocycles. The number of benzene rings is 2. The van der Waals surface area contributed by atoms with Gasteiger partial charge in [0.1, 0.15) is 0 Å². The Morgan fingerprint density at radius 3 is 2.57 bits per heavy atom. The molecule has 0 heterocycles. The Kier molecular flexibility index (Phi) is 2.15. The first kappa shape index (κ1) is 8.70. The maximum atomic E-state index is 10.8. The van der Waals surface area contributed by atoms with Gasteiger partial charge in [-0.25, -0.2) is 0 Å². The largest absolute Gasteiger partial charge is 0.298 e. The summed E-state index contributed by atoms with van der Waals surface area (Å²) >= 11 is 0. The maximum Gasteiger partial charge on any atom is 0.150 e. The Balaban J connectivity index is 2.90. The van der Waals surface area contributed by atoms with Crippen molar-refractivity contribution >= 4 is 23.1 Å². The molecule has 0 N–H and O–H groups in total. The average Bonchev–Trinajstić information content (AvgIpc) is 2.27. The molecule has 2 aromatic rings. The summed E-state index contributed by atoms with van der Waals surface area (Å²) in [4.78, 5) is 10.8. The van der Waals surface area contributed by atoms with Crippen LogP contribution in [-0.2, 0) is 0 Å². The fourth-order valence-corrected chi connectivity index (χ4v) is 1.64. The second-order valence-corrected chi connectivity index (χ2v) is 3.11. The van der Waals surface area contributed by atoms with Gasteiger partial charge in [-0.15, -0.1) is 0 Å². The van der Waals surface area contributed by atoms with Gasteiger partial charge >= 0.3 is 0 Å². The first-order valence-corrected chi connectivity index (χ1v) is 4.46. The molecule has 2 rings (SSSR count). The molecule has 1 heteroatoms. The summed E-state index contributed by atoms with van der Waals surface area (Å²) in [6.07, 6.45) is 2.59. The summed E-state index contributed by atoms with van der Waals surface area (Å²) in [5.41, 5.74) is 1.61. The minimum atomic E-state index is 0.693. The van der Waals surface area contributed by atoms with Gasteiger partial charge in [0.05, 0.1) is 0 Å². The highest BCUT2D eigenvalue weighted by molar-refractivity contribution is 5.97. The van der Waals surface area contributed by atoms with Crippen molar-refractivity contribution in [3.8, 4) is 0 Å². The molecule has 0 unspecified atom stereocenters. The van der Waals surface area contributed by atoms with Crippen LogP contribution in [0.2, 0.25) is 0 Å². The second kappa shape index (κ2) is 3.46. The fourth-order valence-electron chi connectivity index (χ4n) is 1.64. The predicted octanol–water partition coefficient (Wildman–Crippen LogP) is 3.30. The molecule has 0 atom stereocenters. The van der Waals surface area contributed by atoms with Crippen LogP contribution in [-0.4, -0.2) is 6.29 Å². The Bertz CT molecular complexity index is 498. The van der Waals surface area contributed by atoms with E-state index in [0.717, 1.165) is 22.6 Å². The van der Waals surface area contributed by atoms with Crippen molar-refractivity contribution in [2.24, 2.45) is 0 Å². The zero-order valence-electron chi connectivity index (χ0n) is 7.73. The van der Waals surface area contributed by atoms with Gasteiger partial charge in [0.25, 0.3) is 0 Å². The van der Waals surface area contributed by atoms with Crippen LogP contribution in [0.3, 0.4) is 0 Å². The number of carbonyl (C=O) groups excluding carboxylic acids is 1. The third-order valence-electron chi connectivity index (χ3n) is 2.34. The highest BCUT2D eigenvalue weighted by atomic mass is 16.1. The van der Waals surface area contributed by atoms with Crippen LogP contribution in [0.5, 0.6) is 0 Å². The lowest BCUT2D eigenvalue weighted by molar-refractivity contribution is 0.112. The zero-order valence-corrected chi connectivity index (χ0v) is 7.73. The normalized spacial score (nSPS) is 10.0. The molecule has 0 radical (unpaired) electrons.